The predicted molar refractivity (Wildman–Crippen MR) is 143 cm³/mol. The number of carbonyl (C=O) groups excluding carboxylic acids is 1. The zero-order valence-electron chi connectivity index (χ0n) is 21.2. The molecule has 2 N–H and O–H groups in total. The van der Waals surface area contributed by atoms with Crippen LogP contribution >= 0.6 is 0 Å². The second-order valence-corrected chi connectivity index (χ2v) is 9.91. The highest BCUT2D eigenvalue weighted by atomic mass is 16.2. The minimum absolute atomic E-state index is 0.145. The van der Waals surface area contributed by atoms with Gasteiger partial charge in [-0.25, -0.2) is 9.48 Å². The van der Waals surface area contributed by atoms with Gasteiger partial charge in [-0.3, -0.25) is 10.00 Å². The van der Waals surface area contributed by atoms with E-state index in [1.54, 1.807) is 10.9 Å². The normalized spacial score (nSPS) is 17.6. The van der Waals surface area contributed by atoms with Gasteiger partial charge >= 0.3 is 6.03 Å². The summed E-state index contributed by atoms with van der Waals surface area (Å²) in [6.07, 6.45) is 9.20. The third kappa shape index (κ3) is 5.20. The van der Waals surface area contributed by atoms with E-state index < -0.39 is 0 Å². The first kappa shape index (κ1) is 23.9. The predicted octanol–water partition coefficient (Wildman–Crippen LogP) is 5.81. The third-order valence-corrected chi connectivity index (χ3v) is 7.18. The van der Waals surface area contributed by atoms with E-state index in [0.717, 1.165) is 48.2 Å². The molecule has 2 atom stereocenters. The number of urea groups is 1. The Morgan fingerprint density at radius 2 is 1.78 bits per heavy atom. The number of aromatic nitrogens is 4. The summed E-state index contributed by atoms with van der Waals surface area (Å²) in [6.45, 7) is 4.10. The molecule has 2 amide bonds. The van der Waals surface area contributed by atoms with Crippen LogP contribution in [0.25, 0.3) is 16.9 Å². The van der Waals surface area contributed by atoms with Crippen LogP contribution in [0.4, 0.5) is 10.6 Å². The molecule has 2 aromatic heterocycles. The van der Waals surface area contributed by atoms with Crippen molar-refractivity contribution in [2.45, 2.75) is 52.0 Å². The van der Waals surface area contributed by atoms with Crippen molar-refractivity contribution in [1.82, 2.24) is 24.9 Å². The van der Waals surface area contributed by atoms with Crippen LogP contribution in [0.3, 0.4) is 0 Å². The van der Waals surface area contributed by atoms with Crippen molar-refractivity contribution in [3.63, 3.8) is 0 Å². The lowest BCUT2D eigenvalue weighted by atomic mass is 9.80. The molecule has 2 heterocycles. The number of para-hydroxylation sites is 1. The number of carbonyl (C=O) groups is 1. The van der Waals surface area contributed by atoms with Gasteiger partial charge < -0.3 is 5.32 Å². The highest BCUT2D eigenvalue weighted by molar-refractivity contribution is 5.91. The van der Waals surface area contributed by atoms with Crippen LogP contribution in [0, 0.1) is 19.8 Å². The van der Waals surface area contributed by atoms with Gasteiger partial charge in [0.05, 0.1) is 11.9 Å². The van der Waals surface area contributed by atoms with Crippen LogP contribution in [0.2, 0.25) is 0 Å². The Balaban J connectivity index is 1.37. The van der Waals surface area contributed by atoms with Crippen molar-refractivity contribution in [3.05, 3.63) is 83.7 Å². The maximum Gasteiger partial charge on any atom is 0.320 e. The van der Waals surface area contributed by atoms with Gasteiger partial charge in [0.25, 0.3) is 0 Å². The van der Waals surface area contributed by atoms with Gasteiger partial charge in [0.1, 0.15) is 11.5 Å². The fourth-order valence-electron chi connectivity index (χ4n) is 5.20. The Morgan fingerprint density at radius 3 is 2.50 bits per heavy atom. The van der Waals surface area contributed by atoms with Crippen LogP contribution in [-0.4, -0.2) is 31.6 Å². The zero-order valence-corrected chi connectivity index (χ0v) is 21.2. The number of amides is 2. The molecular formula is C29H34N6O. The fourth-order valence-corrected chi connectivity index (χ4v) is 5.20. The Kier molecular flexibility index (Phi) is 6.89. The molecule has 36 heavy (non-hydrogen) atoms. The van der Waals surface area contributed by atoms with Crippen LogP contribution in [0.5, 0.6) is 0 Å². The van der Waals surface area contributed by atoms with E-state index in [0.29, 0.717) is 11.7 Å². The number of hydrogen-bond acceptors (Lipinski definition) is 3. The molecule has 0 spiro atoms. The van der Waals surface area contributed by atoms with E-state index in [-0.39, 0.29) is 12.1 Å². The van der Waals surface area contributed by atoms with Crippen LogP contribution < -0.4 is 10.6 Å². The summed E-state index contributed by atoms with van der Waals surface area (Å²) >= 11 is 0. The monoisotopic (exact) mass is 482 g/mol. The maximum absolute atomic E-state index is 13.3. The second kappa shape index (κ2) is 10.4. The molecule has 4 aromatic rings. The quantitative estimate of drug-likeness (QED) is 0.364. The minimum Gasteiger partial charge on any atom is -0.335 e. The Labute approximate surface area is 212 Å². The molecule has 1 aliphatic rings. The topological polar surface area (TPSA) is 76.8 Å². The van der Waals surface area contributed by atoms with Crippen molar-refractivity contribution in [2.24, 2.45) is 13.0 Å². The standard InChI is InChI=1S/C29H34N6O/c1-20-13-15-22(16-14-20)17-23-9-7-8-12-26(23)31-29(36)32-28-21(2)27(24-18-30-34(3)19-24)33-35(28)25-10-5-4-6-11-25/h4-6,10-11,13-16,18-19,23,26H,7-9,12,17H2,1-3H3,(H2,31,32,36). The first-order chi connectivity index (χ1) is 17.5. The lowest BCUT2D eigenvalue weighted by Gasteiger charge is -2.32. The number of anilines is 1. The molecule has 186 valence electrons. The SMILES string of the molecule is Cc1ccc(CC2CCCCC2NC(=O)Nc2c(C)c(-c3cnn(C)c3)nn2-c2ccccc2)cc1. The van der Waals surface area contributed by atoms with E-state index in [1.165, 1.54) is 17.5 Å². The Bertz CT molecular complexity index is 1320. The summed E-state index contributed by atoms with van der Waals surface area (Å²) in [7, 11) is 1.89. The molecule has 0 aliphatic heterocycles. The average molecular weight is 483 g/mol. The van der Waals surface area contributed by atoms with Crippen LogP contribution in [0.15, 0.2) is 67.0 Å². The summed E-state index contributed by atoms with van der Waals surface area (Å²) in [5.41, 5.74) is 6.12. The molecular weight excluding hydrogens is 448 g/mol. The number of rotatable bonds is 6. The van der Waals surface area contributed by atoms with E-state index in [4.69, 9.17) is 5.10 Å². The van der Waals surface area contributed by atoms with Gasteiger partial charge in [-0.2, -0.15) is 10.2 Å². The zero-order chi connectivity index (χ0) is 25.1. The van der Waals surface area contributed by atoms with E-state index in [2.05, 4.69) is 46.9 Å². The van der Waals surface area contributed by atoms with Crippen molar-refractivity contribution in [1.29, 1.82) is 0 Å². The molecule has 1 aliphatic carbocycles. The van der Waals surface area contributed by atoms with Crippen LogP contribution in [0.1, 0.15) is 42.4 Å². The van der Waals surface area contributed by atoms with E-state index in [9.17, 15) is 4.79 Å². The van der Waals surface area contributed by atoms with Gasteiger partial charge in [0.15, 0.2) is 0 Å². The lowest BCUT2D eigenvalue weighted by Crippen LogP contribution is -2.45. The number of aryl methyl sites for hydroxylation is 2. The molecule has 2 unspecified atom stereocenters. The maximum atomic E-state index is 13.3. The molecule has 1 saturated carbocycles. The lowest BCUT2D eigenvalue weighted by molar-refractivity contribution is 0.227. The summed E-state index contributed by atoms with van der Waals surface area (Å²) in [6, 6.07) is 18.6. The Hall–Kier alpha value is -3.87. The number of hydrogen-bond donors (Lipinski definition) is 2. The molecule has 0 radical (unpaired) electrons. The molecule has 0 bridgehead atoms. The number of nitrogens with one attached hydrogen (secondary N) is 2. The van der Waals surface area contributed by atoms with Crippen molar-refractivity contribution >= 4 is 11.8 Å². The first-order valence-corrected chi connectivity index (χ1v) is 12.7. The molecule has 5 rings (SSSR count). The smallest absolute Gasteiger partial charge is 0.320 e. The summed E-state index contributed by atoms with van der Waals surface area (Å²) in [5.74, 6) is 1.10. The summed E-state index contributed by atoms with van der Waals surface area (Å²) in [4.78, 5) is 13.3. The summed E-state index contributed by atoms with van der Waals surface area (Å²) in [5, 5.41) is 15.6. The average Bonchev–Trinajstić information content (AvgIpc) is 3.45. The van der Waals surface area contributed by atoms with Crippen molar-refractivity contribution < 1.29 is 4.79 Å². The fraction of sp³-hybridized carbons (Fsp3) is 0.345. The van der Waals surface area contributed by atoms with E-state index in [1.807, 2.05) is 55.2 Å². The van der Waals surface area contributed by atoms with E-state index >= 15 is 0 Å². The molecule has 7 heteroatoms. The van der Waals surface area contributed by atoms with Gasteiger partial charge in [0, 0.05) is 30.4 Å². The molecule has 1 fully saturated rings. The molecule has 7 nitrogen and oxygen atoms in total. The van der Waals surface area contributed by atoms with Crippen LogP contribution in [-0.2, 0) is 13.5 Å². The largest absolute Gasteiger partial charge is 0.335 e. The third-order valence-electron chi connectivity index (χ3n) is 7.18. The van der Waals surface area contributed by atoms with Gasteiger partial charge in [-0.05, 0) is 56.7 Å². The second-order valence-electron chi connectivity index (χ2n) is 9.91. The highest BCUT2D eigenvalue weighted by Crippen LogP contribution is 2.31. The highest BCUT2D eigenvalue weighted by Gasteiger charge is 2.28. The van der Waals surface area contributed by atoms with Crippen molar-refractivity contribution in [2.75, 3.05) is 5.32 Å². The Morgan fingerprint density at radius 1 is 1.03 bits per heavy atom. The van der Waals surface area contributed by atoms with Gasteiger partial charge in [-0.15, -0.1) is 0 Å². The van der Waals surface area contributed by atoms with Crippen molar-refractivity contribution in [3.8, 4) is 16.9 Å². The first-order valence-electron chi connectivity index (χ1n) is 12.7. The summed E-state index contributed by atoms with van der Waals surface area (Å²) < 4.78 is 3.56. The minimum atomic E-state index is -0.186. The number of nitrogens with zero attached hydrogens (tertiary/aromatic N) is 4. The number of benzene rings is 2. The molecule has 2 aromatic carbocycles. The molecule has 0 saturated heterocycles. The van der Waals surface area contributed by atoms with Gasteiger partial charge in [-0.1, -0.05) is 60.9 Å². The van der Waals surface area contributed by atoms with Gasteiger partial charge in [0.2, 0.25) is 0 Å².